The lowest BCUT2D eigenvalue weighted by Crippen LogP contribution is -2.48. The fraction of sp³-hybridized carbons (Fsp3) is 1.00. The maximum atomic E-state index is 3.74. The van der Waals surface area contributed by atoms with Gasteiger partial charge in [0, 0.05) is 25.7 Å². The van der Waals surface area contributed by atoms with Crippen molar-refractivity contribution in [3.8, 4) is 0 Å². The second kappa shape index (κ2) is 5.05. The van der Waals surface area contributed by atoms with Crippen LogP contribution in [0.15, 0.2) is 0 Å². The molecule has 1 heterocycles. The van der Waals surface area contributed by atoms with Crippen LogP contribution in [0.25, 0.3) is 0 Å². The van der Waals surface area contributed by atoms with E-state index < -0.39 is 0 Å². The molecule has 0 spiro atoms. The van der Waals surface area contributed by atoms with Crippen molar-refractivity contribution in [1.82, 2.24) is 10.2 Å². The van der Waals surface area contributed by atoms with Gasteiger partial charge in [0.05, 0.1) is 0 Å². The van der Waals surface area contributed by atoms with Gasteiger partial charge in [0.25, 0.3) is 0 Å². The van der Waals surface area contributed by atoms with Gasteiger partial charge >= 0.3 is 0 Å². The van der Waals surface area contributed by atoms with E-state index in [0.717, 1.165) is 18.5 Å². The van der Waals surface area contributed by atoms with E-state index in [1.165, 1.54) is 45.3 Å². The van der Waals surface area contributed by atoms with Crippen LogP contribution in [0, 0.1) is 11.3 Å². The van der Waals surface area contributed by atoms with E-state index in [-0.39, 0.29) is 0 Å². The first-order chi connectivity index (χ1) is 7.53. The Kier molecular flexibility index (Phi) is 3.91. The molecule has 0 amide bonds. The highest BCUT2D eigenvalue weighted by atomic mass is 15.2. The molecular weight excluding hydrogens is 196 g/mol. The number of piperidine rings is 1. The summed E-state index contributed by atoms with van der Waals surface area (Å²) in [6.45, 7) is 12.1. The summed E-state index contributed by atoms with van der Waals surface area (Å²) in [5, 5.41) is 3.74. The summed E-state index contributed by atoms with van der Waals surface area (Å²) < 4.78 is 0. The fourth-order valence-corrected chi connectivity index (χ4v) is 2.50. The molecule has 2 aliphatic rings. The van der Waals surface area contributed by atoms with E-state index in [4.69, 9.17) is 0 Å². The Morgan fingerprint density at radius 2 is 1.94 bits per heavy atom. The molecule has 1 aliphatic carbocycles. The van der Waals surface area contributed by atoms with Crippen LogP contribution in [-0.2, 0) is 0 Å². The highest BCUT2D eigenvalue weighted by Crippen LogP contribution is 2.30. The van der Waals surface area contributed by atoms with Crippen LogP contribution in [0.4, 0.5) is 0 Å². The van der Waals surface area contributed by atoms with E-state index in [1.54, 1.807) is 0 Å². The van der Waals surface area contributed by atoms with E-state index >= 15 is 0 Å². The second-order valence-electron chi connectivity index (χ2n) is 6.98. The molecule has 0 aromatic heterocycles. The van der Waals surface area contributed by atoms with Crippen molar-refractivity contribution in [1.29, 1.82) is 0 Å². The van der Waals surface area contributed by atoms with Gasteiger partial charge in [0.2, 0.25) is 0 Å². The quantitative estimate of drug-likeness (QED) is 0.789. The SMILES string of the molecule is CC(C)(C)CNC1CCCN(CC2CC2)C1. The maximum Gasteiger partial charge on any atom is 0.0195 e. The van der Waals surface area contributed by atoms with Crippen molar-refractivity contribution in [2.24, 2.45) is 11.3 Å². The minimum absolute atomic E-state index is 0.415. The van der Waals surface area contributed by atoms with Crippen LogP contribution in [-0.4, -0.2) is 37.1 Å². The Bertz CT molecular complexity index is 215. The standard InChI is InChI=1S/C14H28N2/c1-14(2,3)11-15-13-5-4-8-16(10-13)9-12-6-7-12/h12-13,15H,4-11H2,1-3H3. The van der Waals surface area contributed by atoms with Gasteiger partial charge in [-0.05, 0) is 43.6 Å². The Hall–Kier alpha value is -0.0800. The Balaban J connectivity index is 1.68. The molecule has 1 aliphatic heterocycles. The molecule has 2 heteroatoms. The van der Waals surface area contributed by atoms with Gasteiger partial charge in [-0.3, -0.25) is 0 Å². The minimum Gasteiger partial charge on any atom is -0.312 e. The lowest BCUT2D eigenvalue weighted by Gasteiger charge is -2.34. The molecule has 1 saturated carbocycles. The molecule has 0 bridgehead atoms. The van der Waals surface area contributed by atoms with Crippen LogP contribution in [0.3, 0.4) is 0 Å². The van der Waals surface area contributed by atoms with Crippen molar-refractivity contribution < 1.29 is 0 Å². The summed E-state index contributed by atoms with van der Waals surface area (Å²) in [6.07, 6.45) is 5.72. The molecule has 16 heavy (non-hydrogen) atoms. The molecule has 1 atom stereocenters. The predicted octanol–water partition coefficient (Wildman–Crippen LogP) is 2.50. The summed E-state index contributed by atoms with van der Waals surface area (Å²) in [5.74, 6) is 1.04. The van der Waals surface area contributed by atoms with Crippen LogP contribution in [0.5, 0.6) is 0 Å². The first-order valence-electron chi connectivity index (χ1n) is 6.99. The molecule has 2 rings (SSSR count). The zero-order valence-corrected chi connectivity index (χ0v) is 11.3. The van der Waals surface area contributed by atoms with Gasteiger partial charge in [0.15, 0.2) is 0 Å². The lowest BCUT2D eigenvalue weighted by atomic mass is 9.95. The first kappa shape index (κ1) is 12.4. The molecule has 1 N–H and O–H groups in total. The third kappa shape index (κ3) is 4.42. The van der Waals surface area contributed by atoms with Gasteiger partial charge in [-0.1, -0.05) is 20.8 Å². The average Bonchev–Trinajstić information content (AvgIpc) is 2.98. The van der Waals surface area contributed by atoms with Crippen molar-refractivity contribution in [3.63, 3.8) is 0 Å². The molecule has 0 aromatic carbocycles. The number of nitrogens with one attached hydrogen (secondary N) is 1. The van der Waals surface area contributed by atoms with E-state index in [1.807, 2.05) is 0 Å². The minimum atomic E-state index is 0.415. The molecule has 94 valence electrons. The molecule has 0 radical (unpaired) electrons. The van der Waals surface area contributed by atoms with E-state index in [2.05, 4.69) is 31.0 Å². The van der Waals surface area contributed by atoms with Gasteiger partial charge in [-0.15, -0.1) is 0 Å². The van der Waals surface area contributed by atoms with E-state index in [9.17, 15) is 0 Å². The van der Waals surface area contributed by atoms with Gasteiger partial charge in [0.1, 0.15) is 0 Å². The second-order valence-corrected chi connectivity index (χ2v) is 6.98. The third-order valence-electron chi connectivity index (χ3n) is 3.64. The van der Waals surface area contributed by atoms with Crippen molar-refractivity contribution in [3.05, 3.63) is 0 Å². The maximum absolute atomic E-state index is 3.74. The van der Waals surface area contributed by atoms with Crippen molar-refractivity contribution >= 4 is 0 Å². The van der Waals surface area contributed by atoms with Crippen molar-refractivity contribution in [2.75, 3.05) is 26.2 Å². The Morgan fingerprint density at radius 1 is 1.19 bits per heavy atom. The Labute approximate surface area is 101 Å². The molecule has 1 saturated heterocycles. The largest absolute Gasteiger partial charge is 0.312 e. The topological polar surface area (TPSA) is 15.3 Å². The summed E-state index contributed by atoms with van der Waals surface area (Å²) in [5.41, 5.74) is 0.415. The van der Waals surface area contributed by atoms with Crippen molar-refractivity contribution in [2.45, 2.75) is 52.5 Å². The van der Waals surface area contributed by atoms with Gasteiger partial charge < -0.3 is 10.2 Å². The van der Waals surface area contributed by atoms with Crippen LogP contribution in [0.1, 0.15) is 46.5 Å². The number of hydrogen-bond donors (Lipinski definition) is 1. The van der Waals surface area contributed by atoms with Crippen LogP contribution < -0.4 is 5.32 Å². The lowest BCUT2D eigenvalue weighted by molar-refractivity contribution is 0.176. The number of likely N-dealkylation sites (tertiary alicyclic amines) is 1. The summed E-state index contributed by atoms with van der Waals surface area (Å²) in [6, 6.07) is 0.742. The van der Waals surface area contributed by atoms with Gasteiger partial charge in [-0.25, -0.2) is 0 Å². The summed E-state index contributed by atoms with van der Waals surface area (Å²) in [4.78, 5) is 2.68. The number of nitrogens with zero attached hydrogens (tertiary/aromatic N) is 1. The molecule has 2 fully saturated rings. The molecular formula is C14H28N2. The van der Waals surface area contributed by atoms with Crippen LogP contribution >= 0.6 is 0 Å². The van der Waals surface area contributed by atoms with E-state index in [0.29, 0.717) is 5.41 Å². The zero-order valence-electron chi connectivity index (χ0n) is 11.3. The predicted molar refractivity (Wildman–Crippen MR) is 69.6 cm³/mol. The van der Waals surface area contributed by atoms with Crippen LogP contribution in [0.2, 0.25) is 0 Å². The fourth-order valence-electron chi connectivity index (χ4n) is 2.50. The number of rotatable bonds is 4. The average molecular weight is 224 g/mol. The smallest absolute Gasteiger partial charge is 0.0195 e. The third-order valence-corrected chi connectivity index (χ3v) is 3.64. The first-order valence-corrected chi connectivity index (χ1v) is 6.99. The highest BCUT2D eigenvalue weighted by Gasteiger charge is 2.27. The van der Waals surface area contributed by atoms with Gasteiger partial charge in [-0.2, -0.15) is 0 Å². The Morgan fingerprint density at radius 3 is 2.56 bits per heavy atom. The monoisotopic (exact) mass is 224 g/mol. The zero-order chi connectivity index (χ0) is 11.6. The molecule has 2 nitrogen and oxygen atoms in total. The highest BCUT2D eigenvalue weighted by molar-refractivity contribution is 4.84. The normalized spacial score (nSPS) is 28.3. The summed E-state index contributed by atoms with van der Waals surface area (Å²) >= 11 is 0. The molecule has 0 aromatic rings. The summed E-state index contributed by atoms with van der Waals surface area (Å²) in [7, 11) is 0. The number of hydrogen-bond acceptors (Lipinski definition) is 2. The molecule has 1 unspecified atom stereocenters.